The van der Waals surface area contributed by atoms with Crippen LogP contribution in [0.3, 0.4) is 0 Å². The molecule has 3 rings (SSSR count). The van der Waals surface area contributed by atoms with E-state index < -0.39 is 0 Å². The molecule has 0 atom stereocenters. The van der Waals surface area contributed by atoms with Crippen molar-refractivity contribution in [3.8, 4) is 0 Å². The van der Waals surface area contributed by atoms with Crippen LogP contribution in [0.25, 0.3) is 0 Å². The molecule has 5 nitrogen and oxygen atoms in total. The van der Waals surface area contributed by atoms with Crippen LogP contribution >= 0.6 is 23.2 Å². The second-order valence-electron chi connectivity index (χ2n) is 5.49. The SMILES string of the molecule is CCc1ccc(NC(=O)c2ccnc(Nc3c(Cl)cccc3Cl)n2)cc1. The number of carbonyl (C=O) groups excluding carboxylic acids is 1. The summed E-state index contributed by atoms with van der Waals surface area (Å²) < 4.78 is 0. The lowest BCUT2D eigenvalue weighted by Gasteiger charge is -2.10. The molecule has 0 saturated heterocycles. The minimum absolute atomic E-state index is 0.227. The lowest BCUT2D eigenvalue weighted by atomic mass is 10.1. The number of anilines is 3. The van der Waals surface area contributed by atoms with E-state index in [1.165, 1.54) is 17.8 Å². The van der Waals surface area contributed by atoms with Gasteiger partial charge in [0.15, 0.2) is 0 Å². The van der Waals surface area contributed by atoms with Gasteiger partial charge in [-0.15, -0.1) is 0 Å². The number of aromatic nitrogens is 2. The summed E-state index contributed by atoms with van der Waals surface area (Å²) in [6, 6.07) is 14.4. The maximum atomic E-state index is 12.4. The van der Waals surface area contributed by atoms with Crippen LogP contribution in [-0.4, -0.2) is 15.9 Å². The van der Waals surface area contributed by atoms with Gasteiger partial charge in [0.1, 0.15) is 5.69 Å². The molecule has 0 spiro atoms. The Morgan fingerprint density at radius 3 is 2.38 bits per heavy atom. The summed E-state index contributed by atoms with van der Waals surface area (Å²) in [7, 11) is 0. The highest BCUT2D eigenvalue weighted by molar-refractivity contribution is 6.39. The van der Waals surface area contributed by atoms with Crippen LogP contribution in [0.4, 0.5) is 17.3 Å². The number of nitrogens with zero attached hydrogens (tertiary/aromatic N) is 2. The van der Waals surface area contributed by atoms with Gasteiger partial charge in [-0.05, 0) is 42.3 Å². The molecule has 0 aliphatic rings. The third-order valence-electron chi connectivity index (χ3n) is 3.71. The van der Waals surface area contributed by atoms with Gasteiger partial charge in [-0.1, -0.05) is 48.3 Å². The van der Waals surface area contributed by atoms with Crippen LogP contribution in [0.5, 0.6) is 0 Å². The van der Waals surface area contributed by atoms with E-state index in [1.54, 1.807) is 18.2 Å². The Kier molecular flexibility index (Phi) is 5.71. The number of hydrogen-bond donors (Lipinski definition) is 2. The fraction of sp³-hybridized carbons (Fsp3) is 0.105. The summed E-state index contributed by atoms with van der Waals surface area (Å²) in [5.74, 6) is -0.0982. The van der Waals surface area contributed by atoms with Crippen LogP contribution in [0.2, 0.25) is 10.0 Å². The summed E-state index contributed by atoms with van der Waals surface area (Å²) in [6.07, 6.45) is 2.44. The molecule has 0 saturated carbocycles. The van der Waals surface area contributed by atoms with Crippen LogP contribution in [0, 0.1) is 0 Å². The van der Waals surface area contributed by atoms with Gasteiger partial charge in [-0.2, -0.15) is 0 Å². The fourth-order valence-corrected chi connectivity index (χ4v) is 2.79. The lowest BCUT2D eigenvalue weighted by molar-refractivity contribution is 0.102. The first kappa shape index (κ1) is 18.2. The van der Waals surface area contributed by atoms with Gasteiger partial charge in [0.2, 0.25) is 5.95 Å². The average molecular weight is 387 g/mol. The Hall–Kier alpha value is -2.63. The second-order valence-corrected chi connectivity index (χ2v) is 6.31. The third kappa shape index (κ3) is 4.31. The monoisotopic (exact) mass is 386 g/mol. The number of hydrogen-bond acceptors (Lipinski definition) is 4. The molecular weight excluding hydrogens is 371 g/mol. The highest BCUT2D eigenvalue weighted by Gasteiger charge is 2.11. The number of amides is 1. The van der Waals surface area contributed by atoms with Gasteiger partial charge >= 0.3 is 0 Å². The van der Waals surface area contributed by atoms with Crippen LogP contribution in [0.15, 0.2) is 54.7 Å². The quantitative estimate of drug-likeness (QED) is 0.620. The fourth-order valence-electron chi connectivity index (χ4n) is 2.29. The Labute approximate surface area is 161 Å². The van der Waals surface area contributed by atoms with Crippen molar-refractivity contribution in [2.24, 2.45) is 0 Å². The Morgan fingerprint density at radius 1 is 1.04 bits per heavy atom. The van der Waals surface area contributed by atoms with E-state index in [0.717, 1.165) is 6.42 Å². The second kappa shape index (κ2) is 8.17. The number of nitrogens with one attached hydrogen (secondary N) is 2. The molecule has 1 aromatic heterocycles. The predicted octanol–water partition coefficient (Wildman–Crippen LogP) is 5.34. The molecule has 1 heterocycles. The Bertz CT molecular complexity index is 909. The van der Waals surface area contributed by atoms with E-state index in [2.05, 4.69) is 27.5 Å². The largest absolute Gasteiger partial charge is 0.322 e. The van der Waals surface area contributed by atoms with Crippen molar-refractivity contribution in [3.63, 3.8) is 0 Å². The van der Waals surface area contributed by atoms with Gasteiger partial charge in [-0.3, -0.25) is 4.79 Å². The van der Waals surface area contributed by atoms with E-state index in [4.69, 9.17) is 23.2 Å². The van der Waals surface area contributed by atoms with Gasteiger partial charge < -0.3 is 10.6 Å². The van der Waals surface area contributed by atoms with E-state index in [-0.39, 0.29) is 17.5 Å². The molecule has 132 valence electrons. The molecule has 0 aliphatic heterocycles. The molecule has 3 aromatic rings. The normalized spacial score (nSPS) is 10.4. The van der Waals surface area contributed by atoms with Crippen molar-refractivity contribution >= 4 is 46.4 Å². The lowest BCUT2D eigenvalue weighted by Crippen LogP contribution is -2.14. The van der Waals surface area contributed by atoms with Crippen LogP contribution in [0.1, 0.15) is 23.0 Å². The molecule has 0 radical (unpaired) electrons. The first-order valence-electron chi connectivity index (χ1n) is 8.01. The van der Waals surface area contributed by atoms with Crippen LogP contribution in [-0.2, 0) is 6.42 Å². The van der Waals surface area contributed by atoms with Crippen molar-refractivity contribution < 1.29 is 4.79 Å². The molecule has 0 unspecified atom stereocenters. The summed E-state index contributed by atoms with van der Waals surface area (Å²) in [5.41, 5.74) is 2.62. The van der Waals surface area contributed by atoms with Gasteiger partial charge in [-0.25, -0.2) is 9.97 Å². The molecule has 0 fully saturated rings. The zero-order valence-electron chi connectivity index (χ0n) is 14.0. The maximum Gasteiger partial charge on any atom is 0.274 e. The zero-order chi connectivity index (χ0) is 18.5. The summed E-state index contributed by atoms with van der Waals surface area (Å²) in [5, 5.41) is 6.64. The van der Waals surface area contributed by atoms with Crippen molar-refractivity contribution in [3.05, 3.63) is 76.0 Å². The maximum absolute atomic E-state index is 12.4. The van der Waals surface area contributed by atoms with Crippen molar-refractivity contribution in [1.29, 1.82) is 0 Å². The third-order valence-corrected chi connectivity index (χ3v) is 4.34. The number of benzene rings is 2. The highest BCUT2D eigenvalue weighted by Crippen LogP contribution is 2.31. The number of halogens is 2. The van der Waals surface area contributed by atoms with Gasteiger partial charge in [0, 0.05) is 11.9 Å². The van der Waals surface area contributed by atoms with Crippen LogP contribution < -0.4 is 10.6 Å². The molecule has 0 bridgehead atoms. The molecule has 2 N–H and O–H groups in total. The number of aryl methyl sites for hydroxylation is 1. The molecule has 2 aromatic carbocycles. The smallest absolute Gasteiger partial charge is 0.274 e. The standard InChI is InChI=1S/C19H16Cl2N4O/c1-2-12-6-8-13(9-7-12)23-18(26)16-10-11-22-19(24-16)25-17-14(20)4-3-5-15(17)21/h3-11H,2H2,1H3,(H,23,26)(H,22,24,25). The Morgan fingerprint density at radius 2 is 1.73 bits per heavy atom. The number of para-hydroxylation sites is 1. The molecule has 26 heavy (non-hydrogen) atoms. The highest BCUT2D eigenvalue weighted by atomic mass is 35.5. The molecule has 7 heteroatoms. The van der Waals surface area contributed by atoms with E-state index >= 15 is 0 Å². The molecule has 1 amide bonds. The number of rotatable bonds is 5. The zero-order valence-corrected chi connectivity index (χ0v) is 15.5. The van der Waals surface area contributed by atoms with E-state index in [1.807, 2.05) is 24.3 Å². The molecular formula is C19H16Cl2N4O. The first-order chi connectivity index (χ1) is 12.6. The van der Waals surface area contributed by atoms with Crippen molar-refractivity contribution in [2.45, 2.75) is 13.3 Å². The number of carbonyl (C=O) groups is 1. The first-order valence-corrected chi connectivity index (χ1v) is 8.77. The Balaban J connectivity index is 1.76. The van der Waals surface area contributed by atoms with Gasteiger partial charge in [0.05, 0.1) is 15.7 Å². The van der Waals surface area contributed by atoms with Crippen molar-refractivity contribution in [1.82, 2.24) is 9.97 Å². The summed E-state index contributed by atoms with van der Waals surface area (Å²) >= 11 is 12.3. The minimum atomic E-state index is -0.329. The minimum Gasteiger partial charge on any atom is -0.322 e. The average Bonchev–Trinajstić information content (AvgIpc) is 2.66. The summed E-state index contributed by atoms with van der Waals surface area (Å²) in [6.45, 7) is 2.08. The predicted molar refractivity (Wildman–Crippen MR) is 106 cm³/mol. The molecule has 0 aliphatic carbocycles. The van der Waals surface area contributed by atoms with Crippen molar-refractivity contribution in [2.75, 3.05) is 10.6 Å². The van der Waals surface area contributed by atoms with Gasteiger partial charge in [0.25, 0.3) is 5.91 Å². The topological polar surface area (TPSA) is 66.9 Å². The summed E-state index contributed by atoms with van der Waals surface area (Å²) in [4.78, 5) is 20.8. The van der Waals surface area contributed by atoms with E-state index in [0.29, 0.717) is 21.4 Å². The van der Waals surface area contributed by atoms with E-state index in [9.17, 15) is 4.79 Å².